The second-order valence-electron chi connectivity index (χ2n) is 4.32. The zero-order valence-corrected chi connectivity index (χ0v) is 8.42. The van der Waals surface area contributed by atoms with E-state index >= 15 is 0 Å². The van der Waals surface area contributed by atoms with Gasteiger partial charge in [-0.15, -0.1) is 0 Å². The lowest BCUT2D eigenvalue weighted by Crippen LogP contribution is -2.23. The lowest BCUT2D eigenvalue weighted by molar-refractivity contribution is -0.157. The molecule has 1 saturated carbocycles. The summed E-state index contributed by atoms with van der Waals surface area (Å²) < 4.78 is 5.15. The van der Waals surface area contributed by atoms with E-state index in [1.165, 1.54) is 0 Å². The van der Waals surface area contributed by atoms with Crippen LogP contribution in [-0.2, 0) is 14.3 Å². The fourth-order valence-electron chi connectivity index (χ4n) is 2.47. The van der Waals surface area contributed by atoms with Gasteiger partial charge in [-0.25, -0.2) is 0 Å². The molecule has 2 aliphatic rings. The first-order chi connectivity index (χ1) is 7.66. The zero-order chi connectivity index (χ0) is 11.3. The highest BCUT2D eigenvalue weighted by Crippen LogP contribution is 2.65. The van der Waals surface area contributed by atoms with Crippen LogP contribution in [0.4, 0.5) is 0 Å². The Morgan fingerprint density at radius 3 is 2.56 bits per heavy atom. The molecule has 3 rings (SSSR count). The largest absolute Gasteiger partial charge is 0.480 e. The molecule has 0 amide bonds. The van der Waals surface area contributed by atoms with E-state index in [4.69, 9.17) is 9.84 Å². The second kappa shape index (κ2) is 2.84. The molecule has 3 atom stereocenters. The highest BCUT2D eigenvalue weighted by atomic mass is 16.6. The molecule has 1 heterocycles. The van der Waals surface area contributed by atoms with Gasteiger partial charge in [-0.3, -0.25) is 9.59 Å². The van der Waals surface area contributed by atoms with Crippen molar-refractivity contribution >= 4 is 11.9 Å². The van der Waals surface area contributed by atoms with E-state index in [-0.39, 0.29) is 12.0 Å². The average Bonchev–Trinajstić information content (AvgIpc) is 2.97. The molecule has 1 aromatic rings. The first kappa shape index (κ1) is 9.39. The van der Waals surface area contributed by atoms with Crippen LogP contribution in [-0.4, -0.2) is 17.0 Å². The monoisotopic (exact) mass is 218 g/mol. The van der Waals surface area contributed by atoms with Gasteiger partial charge in [0.05, 0.1) is 0 Å². The number of carboxylic acid groups (broad SMARTS) is 1. The minimum Gasteiger partial charge on any atom is -0.480 e. The number of hydrogen-bond acceptors (Lipinski definition) is 3. The van der Waals surface area contributed by atoms with Crippen molar-refractivity contribution < 1.29 is 19.4 Å². The summed E-state index contributed by atoms with van der Waals surface area (Å²) in [6.07, 6.45) is 0.0191. The highest BCUT2D eigenvalue weighted by Gasteiger charge is 2.75. The van der Waals surface area contributed by atoms with Crippen molar-refractivity contribution in [2.45, 2.75) is 12.5 Å². The van der Waals surface area contributed by atoms with Crippen LogP contribution in [0.1, 0.15) is 18.1 Å². The molecule has 0 radical (unpaired) electrons. The summed E-state index contributed by atoms with van der Waals surface area (Å²) in [4.78, 5) is 22.6. The summed E-state index contributed by atoms with van der Waals surface area (Å²) in [6.45, 7) is 0. The van der Waals surface area contributed by atoms with Crippen LogP contribution in [0.25, 0.3) is 0 Å². The molecule has 1 aliphatic heterocycles. The van der Waals surface area contributed by atoms with Crippen LogP contribution >= 0.6 is 0 Å². The van der Waals surface area contributed by atoms with Gasteiger partial charge in [0.15, 0.2) is 5.41 Å². The molecule has 82 valence electrons. The molecule has 0 bridgehead atoms. The van der Waals surface area contributed by atoms with E-state index in [0.29, 0.717) is 6.42 Å². The Kier molecular flexibility index (Phi) is 1.67. The lowest BCUT2D eigenvalue weighted by atomic mass is 10.0. The first-order valence-corrected chi connectivity index (χ1v) is 5.15. The van der Waals surface area contributed by atoms with Crippen molar-refractivity contribution in [1.29, 1.82) is 0 Å². The Morgan fingerprint density at radius 2 is 2.06 bits per heavy atom. The minimum absolute atomic E-state index is 0.195. The van der Waals surface area contributed by atoms with Crippen molar-refractivity contribution in [3.8, 4) is 0 Å². The second-order valence-corrected chi connectivity index (χ2v) is 4.32. The van der Waals surface area contributed by atoms with Gasteiger partial charge in [0.1, 0.15) is 6.10 Å². The summed E-state index contributed by atoms with van der Waals surface area (Å²) in [7, 11) is 0. The Hall–Kier alpha value is -1.84. The molecule has 4 heteroatoms. The van der Waals surface area contributed by atoms with Gasteiger partial charge in [0.25, 0.3) is 0 Å². The van der Waals surface area contributed by atoms with Crippen LogP contribution < -0.4 is 0 Å². The van der Waals surface area contributed by atoms with E-state index in [1.54, 1.807) is 0 Å². The third-order valence-electron chi connectivity index (χ3n) is 3.49. The van der Waals surface area contributed by atoms with Crippen LogP contribution in [0, 0.1) is 11.3 Å². The normalized spacial score (nSPS) is 35.4. The number of ether oxygens (including phenoxy) is 1. The van der Waals surface area contributed by atoms with Gasteiger partial charge in [0, 0.05) is 5.92 Å². The summed E-state index contributed by atoms with van der Waals surface area (Å²) >= 11 is 0. The first-order valence-electron chi connectivity index (χ1n) is 5.15. The minimum atomic E-state index is -1.25. The fraction of sp³-hybridized carbons (Fsp3) is 0.333. The quantitative estimate of drug-likeness (QED) is 0.601. The molecule has 2 fully saturated rings. The lowest BCUT2D eigenvalue weighted by Gasteiger charge is -2.11. The molecule has 1 aromatic carbocycles. The number of cyclic esters (lactones) is 1. The maximum Gasteiger partial charge on any atom is 0.324 e. The van der Waals surface area contributed by atoms with Crippen LogP contribution in [0.5, 0.6) is 0 Å². The molecule has 0 spiro atoms. The molecule has 1 saturated heterocycles. The summed E-state index contributed by atoms with van der Waals surface area (Å²) in [6, 6.07) is 9.29. The van der Waals surface area contributed by atoms with Crippen molar-refractivity contribution in [3.05, 3.63) is 35.9 Å². The average molecular weight is 218 g/mol. The summed E-state index contributed by atoms with van der Waals surface area (Å²) in [5, 5.41) is 9.05. The van der Waals surface area contributed by atoms with Gasteiger partial charge in [-0.1, -0.05) is 30.3 Å². The predicted molar refractivity (Wildman–Crippen MR) is 53.5 cm³/mol. The number of hydrogen-bond donors (Lipinski definition) is 1. The van der Waals surface area contributed by atoms with Gasteiger partial charge >= 0.3 is 11.9 Å². The SMILES string of the molecule is O=C(O)[C@]12C[C@H]1[C@H](c1ccccc1)OC2=O. The molecule has 1 aliphatic carbocycles. The van der Waals surface area contributed by atoms with E-state index in [9.17, 15) is 9.59 Å². The molecule has 4 nitrogen and oxygen atoms in total. The number of aliphatic carboxylic acids is 1. The van der Waals surface area contributed by atoms with Crippen molar-refractivity contribution in [1.82, 2.24) is 0 Å². The number of carbonyl (C=O) groups is 2. The maximum absolute atomic E-state index is 11.6. The van der Waals surface area contributed by atoms with Gasteiger partial charge in [-0.05, 0) is 12.0 Å². The number of carbonyl (C=O) groups excluding carboxylic acids is 1. The number of rotatable bonds is 2. The topological polar surface area (TPSA) is 63.6 Å². The zero-order valence-electron chi connectivity index (χ0n) is 8.42. The molecular weight excluding hydrogens is 208 g/mol. The van der Waals surface area contributed by atoms with Crippen molar-refractivity contribution in [3.63, 3.8) is 0 Å². The number of fused-ring (bicyclic) bond motifs is 1. The smallest absolute Gasteiger partial charge is 0.324 e. The van der Waals surface area contributed by atoms with E-state index < -0.39 is 17.4 Å². The third-order valence-corrected chi connectivity index (χ3v) is 3.49. The van der Waals surface area contributed by atoms with Gasteiger partial charge < -0.3 is 9.84 Å². The fourth-order valence-corrected chi connectivity index (χ4v) is 2.47. The Balaban J connectivity index is 1.94. The van der Waals surface area contributed by atoms with Gasteiger partial charge in [0.2, 0.25) is 0 Å². The van der Waals surface area contributed by atoms with E-state index in [1.807, 2.05) is 30.3 Å². The Bertz CT molecular complexity index is 467. The summed E-state index contributed by atoms with van der Waals surface area (Å²) in [5.74, 6) is -1.83. The van der Waals surface area contributed by atoms with E-state index in [2.05, 4.69) is 0 Å². The van der Waals surface area contributed by atoms with Crippen LogP contribution in [0.2, 0.25) is 0 Å². The number of carboxylic acids is 1. The van der Waals surface area contributed by atoms with Crippen LogP contribution in [0.3, 0.4) is 0 Å². The molecule has 16 heavy (non-hydrogen) atoms. The van der Waals surface area contributed by atoms with Crippen LogP contribution in [0.15, 0.2) is 30.3 Å². The molecule has 1 N–H and O–H groups in total. The standard InChI is InChI=1S/C12H10O4/c13-10(14)12-6-8(12)9(16-11(12)15)7-4-2-1-3-5-7/h1-5,8-9H,6H2,(H,13,14)/t8-,9-,12-/m0/s1. The van der Waals surface area contributed by atoms with E-state index in [0.717, 1.165) is 5.56 Å². The van der Waals surface area contributed by atoms with Crippen molar-refractivity contribution in [2.24, 2.45) is 11.3 Å². The highest BCUT2D eigenvalue weighted by molar-refractivity contribution is 6.04. The number of esters is 1. The molecule has 0 aromatic heterocycles. The Labute approximate surface area is 91.8 Å². The summed E-state index contributed by atoms with van der Waals surface area (Å²) in [5.41, 5.74) is -0.373. The Morgan fingerprint density at radius 1 is 1.38 bits per heavy atom. The third kappa shape index (κ3) is 0.988. The molecule has 0 unspecified atom stereocenters. The maximum atomic E-state index is 11.6. The molecular formula is C12H10O4. The van der Waals surface area contributed by atoms with Gasteiger partial charge in [-0.2, -0.15) is 0 Å². The van der Waals surface area contributed by atoms with Crippen molar-refractivity contribution in [2.75, 3.05) is 0 Å². The number of benzene rings is 1. The predicted octanol–water partition coefficient (Wildman–Crippen LogP) is 1.38.